The van der Waals surface area contributed by atoms with Crippen molar-refractivity contribution in [2.45, 2.75) is 38.5 Å². The van der Waals surface area contributed by atoms with E-state index in [-0.39, 0.29) is 5.41 Å². The smallest absolute Gasteiger partial charge is 0.0713 e. The lowest BCUT2D eigenvalue weighted by Gasteiger charge is -2.34. The Bertz CT molecular complexity index is 3060. The van der Waals surface area contributed by atoms with E-state index >= 15 is 0 Å². The summed E-state index contributed by atoms with van der Waals surface area (Å²) in [5.41, 5.74) is 23.5. The molecule has 11 rings (SSSR count). The third-order valence-electron chi connectivity index (χ3n) is 13.5. The van der Waals surface area contributed by atoms with Crippen molar-refractivity contribution in [3.63, 3.8) is 0 Å². The zero-order chi connectivity index (χ0) is 41.3. The Labute approximate surface area is 360 Å². The minimum absolute atomic E-state index is 0.113. The Kier molecular flexibility index (Phi) is 8.58. The molecule has 0 heterocycles. The number of hydrogen-bond donors (Lipinski definition) is 0. The van der Waals surface area contributed by atoms with Gasteiger partial charge in [-0.1, -0.05) is 189 Å². The molecule has 2 aliphatic rings. The number of anilines is 3. The molecule has 0 bridgehead atoms. The molecule has 0 saturated heterocycles. The van der Waals surface area contributed by atoms with Crippen LogP contribution in [-0.2, 0) is 10.8 Å². The van der Waals surface area contributed by atoms with E-state index in [9.17, 15) is 0 Å². The predicted octanol–water partition coefficient (Wildman–Crippen LogP) is 15.8. The molecule has 0 saturated carbocycles. The molecule has 1 nitrogen and oxygen atoms in total. The van der Waals surface area contributed by atoms with Crippen molar-refractivity contribution >= 4 is 17.1 Å². The van der Waals surface area contributed by atoms with Crippen molar-refractivity contribution in [1.82, 2.24) is 0 Å². The van der Waals surface area contributed by atoms with Crippen molar-refractivity contribution in [3.8, 4) is 44.5 Å². The molecule has 0 aromatic heterocycles. The highest BCUT2D eigenvalue weighted by Crippen LogP contribution is 2.58. The van der Waals surface area contributed by atoms with Crippen LogP contribution in [-0.4, -0.2) is 0 Å². The van der Waals surface area contributed by atoms with Crippen molar-refractivity contribution in [2.24, 2.45) is 0 Å². The Morgan fingerprint density at radius 3 is 1.59 bits per heavy atom. The Morgan fingerprint density at radius 2 is 0.869 bits per heavy atom. The van der Waals surface area contributed by atoms with Gasteiger partial charge in [0.1, 0.15) is 0 Å². The fourth-order valence-corrected chi connectivity index (χ4v) is 10.6. The predicted molar refractivity (Wildman–Crippen MR) is 256 cm³/mol. The van der Waals surface area contributed by atoms with Crippen LogP contribution in [0.2, 0.25) is 0 Å². The van der Waals surface area contributed by atoms with Crippen LogP contribution in [0.25, 0.3) is 44.5 Å². The number of benzene rings is 9. The summed E-state index contributed by atoms with van der Waals surface area (Å²) in [7, 11) is 0. The molecule has 0 aliphatic heterocycles. The van der Waals surface area contributed by atoms with Gasteiger partial charge in [0, 0.05) is 22.5 Å². The Hall–Kier alpha value is -7.22. The minimum Gasteiger partial charge on any atom is -0.310 e. The highest BCUT2D eigenvalue weighted by Gasteiger charge is 2.46. The van der Waals surface area contributed by atoms with Gasteiger partial charge in [0.2, 0.25) is 0 Å². The van der Waals surface area contributed by atoms with Crippen molar-refractivity contribution in [1.29, 1.82) is 0 Å². The number of hydrogen-bond acceptors (Lipinski definition) is 1. The van der Waals surface area contributed by atoms with Crippen molar-refractivity contribution < 1.29 is 0 Å². The normalized spacial score (nSPS) is 13.8. The molecule has 61 heavy (non-hydrogen) atoms. The third-order valence-corrected chi connectivity index (χ3v) is 13.5. The maximum Gasteiger partial charge on any atom is 0.0713 e. The first-order valence-electron chi connectivity index (χ1n) is 21.5. The van der Waals surface area contributed by atoms with Crippen LogP contribution in [0.5, 0.6) is 0 Å². The second-order valence-corrected chi connectivity index (χ2v) is 17.4. The summed E-state index contributed by atoms with van der Waals surface area (Å²) in [6, 6.07) is 79.0. The summed E-state index contributed by atoms with van der Waals surface area (Å²) < 4.78 is 0. The topological polar surface area (TPSA) is 3.24 Å². The van der Waals surface area contributed by atoms with Crippen LogP contribution in [0.1, 0.15) is 58.4 Å². The van der Waals surface area contributed by atoms with Crippen molar-refractivity contribution in [3.05, 3.63) is 257 Å². The molecule has 0 spiro atoms. The van der Waals surface area contributed by atoms with E-state index in [4.69, 9.17) is 0 Å². The monoisotopic (exact) mass is 781 g/mol. The standard InChI is InChI=1S/C60H47N/c1-40-27-33-52-54-39-53(41(2)36-58(54)60(57(52)35-40,45-20-10-6-11-21-45)46-22-12-7-13-23-46)44-19-16-24-48(37-44)61(47-30-28-43(29-31-47)42-17-8-5-9-18-42)49-32-34-51-50-25-14-15-26-55(50)59(3,4)56(51)38-49/h5-39H,1-4H3. The zero-order valence-electron chi connectivity index (χ0n) is 35.2. The van der Waals surface area contributed by atoms with Gasteiger partial charge in [0.05, 0.1) is 5.41 Å². The molecule has 0 radical (unpaired) electrons. The fraction of sp³-hybridized carbons (Fsp3) is 0.100. The van der Waals surface area contributed by atoms with Gasteiger partial charge in [-0.25, -0.2) is 0 Å². The largest absolute Gasteiger partial charge is 0.310 e. The zero-order valence-corrected chi connectivity index (χ0v) is 35.2. The van der Waals surface area contributed by atoms with Crippen LogP contribution in [0.3, 0.4) is 0 Å². The average molecular weight is 782 g/mol. The first-order chi connectivity index (χ1) is 29.8. The van der Waals surface area contributed by atoms with Gasteiger partial charge in [-0.2, -0.15) is 0 Å². The molecule has 0 N–H and O–H groups in total. The van der Waals surface area contributed by atoms with Gasteiger partial charge in [-0.3, -0.25) is 0 Å². The molecule has 2 aliphatic carbocycles. The molecule has 1 heteroatoms. The van der Waals surface area contributed by atoms with E-state index < -0.39 is 5.41 Å². The number of aryl methyl sites for hydroxylation is 2. The second kappa shape index (κ2) is 14.2. The molecule has 0 unspecified atom stereocenters. The van der Waals surface area contributed by atoms with Crippen LogP contribution in [0.4, 0.5) is 17.1 Å². The summed E-state index contributed by atoms with van der Waals surface area (Å²) in [6.07, 6.45) is 0. The maximum atomic E-state index is 2.48. The molecule has 0 atom stereocenters. The molecule has 9 aromatic carbocycles. The van der Waals surface area contributed by atoms with E-state index in [2.05, 4.69) is 245 Å². The van der Waals surface area contributed by atoms with Gasteiger partial charge < -0.3 is 4.90 Å². The molecule has 0 fully saturated rings. The molecule has 292 valence electrons. The minimum atomic E-state index is -0.436. The average Bonchev–Trinajstić information content (AvgIpc) is 3.71. The summed E-state index contributed by atoms with van der Waals surface area (Å²) in [5.74, 6) is 0. The summed E-state index contributed by atoms with van der Waals surface area (Å²) in [4.78, 5) is 2.44. The van der Waals surface area contributed by atoms with Gasteiger partial charge >= 0.3 is 0 Å². The van der Waals surface area contributed by atoms with E-state index in [0.717, 1.165) is 17.1 Å². The highest BCUT2D eigenvalue weighted by molar-refractivity contribution is 5.92. The van der Waals surface area contributed by atoms with E-state index in [1.54, 1.807) is 0 Å². The van der Waals surface area contributed by atoms with Gasteiger partial charge in [-0.15, -0.1) is 0 Å². The van der Waals surface area contributed by atoms with Crippen molar-refractivity contribution in [2.75, 3.05) is 4.90 Å². The lowest BCUT2D eigenvalue weighted by atomic mass is 9.67. The van der Waals surface area contributed by atoms with Gasteiger partial charge in [0.15, 0.2) is 0 Å². The fourth-order valence-electron chi connectivity index (χ4n) is 10.6. The Morgan fingerprint density at radius 1 is 0.328 bits per heavy atom. The SMILES string of the molecule is Cc1ccc2c(c1)C(c1ccccc1)(c1ccccc1)c1cc(C)c(-c3cccc(N(c4ccc(-c5ccccc5)cc4)c4ccc5c(c4)C(C)(C)c4ccccc4-5)c3)cc1-2. The molecule has 0 amide bonds. The summed E-state index contributed by atoms with van der Waals surface area (Å²) in [6.45, 7) is 9.23. The maximum absolute atomic E-state index is 2.48. The molecule has 9 aromatic rings. The molecular formula is C60H47N. The second-order valence-electron chi connectivity index (χ2n) is 17.4. The van der Waals surface area contributed by atoms with E-state index in [1.165, 1.54) is 89.0 Å². The summed E-state index contributed by atoms with van der Waals surface area (Å²) >= 11 is 0. The first kappa shape index (κ1) is 36.8. The quantitative estimate of drug-likeness (QED) is 0.156. The van der Waals surface area contributed by atoms with Gasteiger partial charge in [0.25, 0.3) is 0 Å². The van der Waals surface area contributed by atoms with Crippen LogP contribution < -0.4 is 4.90 Å². The lowest BCUT2D eigenvalue weighted by molar-refractivity contribution is 0.660. The van der Waals surface area contributed by atoms with E-state index in [1.807, 2.05) is 0 Å². The van der Waals surface area contributed by atoms with E-state index in [0.29, 0.717) is 0 Å². The first-order valence-corrected chi connectivity index (χ1v) is 21.5. The Balaban J connectivity index is 1.08. The highest BCUT2D eigenvalue weighted by atomic mass is 15.1. The van der Waals surface area contributed by atoms with Gasteiger partial charge in [-0.05, 0) is 140 Å². The van der Waals surface area contributed by atoms with Crippen LogP contribution in [0, 0.1) is 13.8 Å². The summed E-state index contributed by atoms with van der Waals surface area (Å²) in [5, 5.41) is 0. The van der Waals surface area contributed by atoms with Crippen LogP contribution >= 0.6 is 0 Å². The van der Waals surface area contributed by atoms with Crippen LogP contribution in [0.15, 0.2) is 212 Å². The molecular weight excluding hydrogens is 735 g/mol. The number of nitrogens with zero attached hydrogens (tertiary/aromatic N) is 1. The number of fused-ring (bicyclic) bond motifs is 6. The third kappa shape index (κ3) is 5.76. The lowest BCUT2D eigenvalue weighted by Crippen LogP contribution is -2.28. The number of rotatable bonds is 7.